The van der Waals surface area contributed by atoms with Gasteiger partial charge in [-0.1, -0.05) is 30.3 Å². The molecule has 0 saturated carbocycles. The second-order valence-electron chi connectivity index (χ2n) is 5.81. The number of benzene rings is 2. The minimum atomic E-state index is -0.197. The number of anilines is 1. The predicted molar refractivity (Wildman–Crippen MR) is 95.7 cm³/mol. The van der Waals surface area contributed by atoms with Crippen LogP contribution in [0.1, 0.15) is 28.8 Å². The fraction of sp³-hybridized carbons (Fsp3) is 0.200. The Kier molecular flexibility index (Phi) is 5.06. The molecule has 3 rings (SSSR count). The van der Waals surface area contributed by atoms with E-state index in [1.807, 2.05) is 35.2 Å². The summed E-state index contributed by atoms with van der Waals surface area (Å²) in [5.74, 6) is -0.133. The highest BCUT2D eigenvalue weighted by molar-refractivity contribution is 6.02. The number of hydrogen-bond donors (Lipinski definition) is 1. The van der Waals surface area contributed by atoms with E-state index in [9.17, 15) is 9.59 Å². The fourth-order valence-corrected chi connectivity index (χ4v) is 2.72. The van der Waals surface area contributed by atoms with Gasteiger partial charge in [0.25, 0.3) is 5.91 Å². The van der Waals surface area contributed by atoms with Gasteiger partial charge in [0.2, 0.25) is 5.91 Å². The summed E-state index contributed by atoms with van der Waals surface area (Å²) in [6.45, 7) is 1.67. The second kappa shape index (κ2) is 7.59. The van der Waals surface area contributed by atoms with Crippen molar-refractivity contribution >= 4 is 23.6 Å². The standard InChI is InChI=1S/C20H20N2O2/c23-19(13-8-16-6-2-1-3-7-16)21-18-11-9-17(10-12-18)20(24)22-14-4-5-15-22/h1-3,6-13H,4-5,14-15H2,(H,21,23)/b13-8+. The van der Waals surface area contributed by atoms with E-state index in [4.69, 9.17) is 0 Å². The number of carbonyl (C=O) groups excluding carboxylic acids is 2. The first-order valence-corrected chi connectivity index (χ1v) is 8.16. The van der Waals surface area contributed by atoms with Crippen molar-refractivity contribution in [3.63, 3.8) is 0 Å². The average Bonchev–Trinajstić information content (AvgIpc) is 3.16. The molecule has 2 amide bonds. The molecule has 4 heteroatoms. The zero-order valence-electron chi connectivity index (χ0n) is 13.4. The molecule has 1 heterocycles. The van der Waals surface area contributed by atoms with Crippen LogP contribution in [0.5, 0.6) is 0 Å². The van der Waals surface area contributed by atoms with E-state index in [-0.39, 0.29) is 11.8 Å². The van der Waals surface area contributed by atoms with Crippen molar-refractivity contribution < 1.29 is 9.59 Å². The molecule has 0 aliphatic carbocycles. The van der Waals surface area contributed by atoms with Gasteiger partial charge in [-0.25, -0.2) is 0 Å². The molecular formula is C20H20N2O2. The number of nitrogens with one attached hydrogen (secondary N) is 1. The summed E-state index contributed by atoms with van der Waals surface area (Å²) in [5, 5.41) is 2.80. The zero-order valence-corrected chi connectivity index (χ0v) is 13.4. The molecular weight excluding hydrogens is 300 g/mol. The maximum absolute atomic E-state index is 12.3. The quantitative estimate of drug-likeness (QED) is 0.876. The minimum Gasteiger partial charge on any atom is -0.339 e. The summed E-state index contributed by atoms with van der Waals surface area (Å²) >= 11 is 0. The summed E-state index contributed by atoms with van der Waals surface area (Å²) < 4.78 is 0. The first-order valence-electron chi connectivity index (χ1n) is 8.16. The minimum absolute atomic E-state index is 0.0642. The monoisotopic (exact) mass is 320 g/mol. The lowest BCUT2D eigenvalue weighted by molar-refractivity contribution is -0.111. The van der Waals surface area contributed by atoms with E-state index in [2.05, 4.69) is 5.32 Å². The smallest absolute Gasteiger partial charge is 0.253 e. The van der Waals surface area contributed by atoms with Crippen LogP contribution in [-0.4, -0.2) is 29.8 Å². The highest BCUT2D eigenvalue weighted by Gasteiger charge is 2.19. The van der Waals surface area contributed by atoms with E-state index in [1.165, 1.54) is 6.08 Å². The first kappa shape index (κ1) is 16.0. The largest absolute Gasteiger partial charge is 0.339 e. The third kappa shape index (κ3) is 4.10. The Labute approximate surface area is 141 Å². The third-order valence-corrected chi connectivity index (χ3v) is 4.02. The molecule has 0 unspecified atom stereocenters. The van der Waals surface area contributed by atoms with Crippen LogP contribution in [0.25, 0.3) is 6.08 Å². The van der Waals surface area contributed by atoms with Crippen LogP contribution >= 0.6 is 0 Å². The van der Waals surface area contributed by atoms with Crippen LogP contribution in [0.4, 0.5) is 5.69 Å². The van der Waals surface area contributed by atoms with E-state index in [1.54, 1.807) is 30.3 Å². The van der Waals surface area contributed by atoms with Gasteiger partial charge in [0.05, 0.1) is 0 Å². The number of rotatable bonds is 4. The summed E-state index contributed by atoms with van der Waals surface area (Å²) in [6, 6.07) is 16.7. The van der Waals surface area contributed by atoms with Gasteiger partial charge in [0.1, 0.15) is 0 Å². The Morgan fingerprint density at radius 1 is 0.917 bits per heavy atom. The maximum Gasteiger partial charge on any atom is 0.253 e. The lowest BCUT2D eigenvalue weighted by Gasteiger charge is -2.15. The van der Waals surface area contributed by atoms with Crippen LogP contribution in [0.15, 0.2) is 60.7 Å². The van der Waals surface area contributed by atoms with Crippen LogP contribution < -0.4 is 5.32 Å². The number of hydrogen-bond acceptors (Lipinski definition) is 2. The molecule has 4 nitrogen and oxygen atoms in total. The van der Waals surface area contributed by atoms with Gasteiger partial charge in [-0.3, -0.25) is 9.59 Å². The topological polar surface area (TPSA) is 49.4 Å². The predicted octanol–water partition coefficient (Wildman–Crippen LogP) is 3.57. The molecule has 0 aromatic heterocycles. The Bertz CT molecular complexity index is 730. The molecule has 2 aromatic rings. The van der Waals surface area contributed by atoms with E-state index >= 15 is 0 Å². The van der Waals surface area contributed by atoms with Crippen molar-refractivity contribution in [3.8, 4) is 0 Å². The molecule has 2 aromatic carbocycles. The van der Waals surface area contributed by atoms with Crippen molar-refractivity contribution in [3.05, 3.63) is 71.8 Å². The number of carbonyl (C=O) groups is 2. The number of likely N-dealkylation sites (tertiary alicyclic amines) is 1. The lowest BCUT2D eigenvalue weighted by atomic mass is 10.2. The molecule has 24 heavy (non-hydrogen) atoms. The van der Waals surface area contributed by atoms with Crippen molar-refractivity contribution in [2.24, 2.45) is 0 Å². The lowest BCUT2D eigenvalue weighted by Crippen LogP contribution is -2.27. The van der Waals surface area contributed by atoms with Crippen LogP contribution in [0.2, 0.25) is 0 Å². The van der Waals surface area contributed by atoms with Crippen LogP contribution in [0.3, 0.4) is 0 Å². The van der Waals surface area contributed by atoms with Gasteiger partial charge >= 0.3 is 0 Å². The highest BCUT2D eigenvalue weighted by atomic mass is 16.2. The fourth-order valence-electron chi connectivity index (χ4n) is 2.72. The molecule has 0 bridgehead atoms. The van der Waals surface area contributed by atoms with Gasteiger partial charge in [-0.05, 0) is 48.7 Å². The summed E-state index contributed by atoms with van der Waals surface area (Å²) in [4.78, 5) is 26.1. The Balaban J connectivity index is 1.58. The molecule has 0 spiro atoms. The third-order valence-electron chi connectivity index (χ3n) is 4.02. The van der Waals surface area contributed by atoms with Crippen LogP contribution in [-0.2, 0) is 4.79 Å². The Hall–Kier alpha value is -2.88. The molecule has 1 saturated heterocycles. The van der Waals surface area contributed by atoms with E-state index in [0.29, 0.717) is 11.3 Å². The molecule has 1 N–H and O–H groups in total. The van der Waals surface area contributed by atoms with E-state index < -0.39 is 0 Å². The summed E-state index contributed by atoms with van der Waals surface area (Å²) in [5.41, 5.74) is 2.31. The molecule has 1 aliphatic rings. The van der Waals surface area contributed by atoms with Gasteiger partial charge in [0.15, 0.2) is 0 Å². The highest BCUT2D eigenvalue weighted by Crippen LogP contribution is 2.15. The van der Waals surface area contributed by atoms with E-state index in [0.717, 1.165) is 31.5 Å². The Morgan fingerprint density at radius 3 is 2.25 bits per heavy atom. The zero-order chi connectivity index (χ0) is 16.8. The summed E-state index contributed by atoms with van der Waals surface area (Å²) in [6.07, 6.45) is 5.42. The summed E-state index contributed by atoms with van der Waals surface area (Å²) in [7, 11) is 0. The normalized spacial score (nSPS) is 14.1. The average molecular weight is 320 g/mol. The number of amides is 2. The maximum atomic E-state index is 12.3. The van der Waals surface area contributed by atoms with Gasteiger partial charge in [-0.15, -0.1) is 0 Å². The molecule has 122 valence electrons. The van der Waals surface area contributed by atoms with Gasteiger partial charge in [0, 0.05) is 30.4 Å². The Morgan fingerprint density at radius 2 is 1.58 bits per heavy atom. The number of nitrogens with zero attached hydrogens (tertiary/aromatic N) is 1. The second-order valence-corrected chi connectivity index (χ2v) is 5.81. The molecule has 0 atom stereocenters. The molecule has 0 radical (unpaired) electrons. The molecule has 1 aliphatic heterocycles. The van der Waals surface area contributed by atoms with Crippen molar-refractivity contribution in [1.82, 2.24) is 4.90 Å². The van der Waals surface area contributed by atoms with Crippen molar-refractivity contribution in [1.29, 1.82) is 0 Å². The SMILES string of the molecule is O=C(/C=C/c1ccccc1)Nc1ccc(C(=O)N2CCCC2)cc1. The van der Waals surface area contributed by atoms with Crippen molar-refractivity contribution in [2.75, 3.05) is 18.4 Å². The van der Waals surface area contributed by atoms with Gasteiger partial charge in [-0.2, -0.15) is 0 Å². The van der Waals surface area contributed by atoms with Gasteiger partial charge < -0.3 is 10.2 Å². The van der Waals surface area contributed by atoms with Crippen molar-refractivity contribution in [2.45, 2.75) is 12.8 Å². The first-order chi connectivity index (χ1) is 11.7. The molecule has 1 fully saturated rings. The van der Waals surface area contributed by atoms with Crippen LogP contribution in [0, 0.1) is 0 Å².